The summed E-state index contributed by atoms with van der Waals surface area (Å²) in [5, 5.41) is 0. The third-order valence-electron chi connectivity index (χ3n) is 6.24. The molecular weight excluding hydrogens is 416 g/mol. The summed E-state index contributed by atoms with van der Waals surface area (Å²) in [7, 11) is -3.61. The molecule has 0 bridgehead atoms. The molecule has 1 atom stereocenters. The Labute approximate surface area is 192 Å². The molecule has 1 unspecified atom stereocenters. The van der Waals surface area contributed by atoms with E-state index in [1.54, 1.807) is 16.4 Å². The number of benzene rings is 3. The average molecular weight is 449 g/mol. The first-order valence-corrected chi connectivity index (χ1v) is 12.8. The van der Waals surface area contributed by atoms with Gasteiger partial charge in [-0.1, -0.05) is 86.6 Å². The summed E-state index contributed by atoms with van der Waals surface area (Å²) in [6.07, 6.45) is 0.836. The van der Waals surface area contributed by atoms with Crippen molar-refractivity contribution in [2.24, 2.45) is 0 Å². The van der Waals surface area contributed by atoms with Crippen LogP contribution in [0.5, 0.6) is 0 Å². The Morgan fingerprint density at radius 2 is 1.47 bits per heavy atom. The van der Waals surface area contributed by atoms with Gasteiger partial charge in [0.2, 0.25) is 10.0 Å². The third-order valence-corrected chi connectivity index (χ3v) is 8.15. The summed E-state index contributed by atoms with van der Waals surface area (Å²) < 4.78 is 29.3. The molecule has 0 aromatic heterocycles. The molecule has 4 nitrogen and oxygen atoms in total. The van der Waals surface area contributed by atoms with E-state index in [1.165, 1.54) is 5.56 Å². The van der Waals surface area contributed by atoms with Crippen LogP contribution in [-0.4, -0.2) is 36.8 Å². The molecule has 3 aromatic rings. The van der Waals surface area contributed by atoms with Crippen LogP contribution in [0.25, 0.3) is 0 Å². The van der Waals surface area contributed by atoms with Gasteiger partial charge in [0, 0.05) is 32.2 Å². The number of sulfonamides is 1. The van der Waals surface area contributed by atoms with Gasteiger partial charge in [0.25, 0.3) is 0 Å². The molecule has 0 spiro atoms. The van der Waals surface area contributed by atoms with Gasteiger partial charge in [-0.25, -0.2) is 8.42 Å². The Hall–Kier alpha value is -2.47. The molecule has 168 valence electrons. The van der Waals surface area contributed by atoms with Gasteiger partial charge in [0.05, 0.1) is 4.90 Å². The summed E-state index contributed by atoms with van der Waals surface area (Å²) in [6, 6.07) is 27.6. The van der Waals surface area contributed by atoms with E-state index in [1.807, 2.05) is 48.5 Å². The monoisotopic (exact) mass is 448 g/mol. The molecule has 1 aliphatic heterocycles. The van der Waals surface area contributed by atoms with Crippen LogP contribution in [0.1, 0.15) is 42.9 Å². The van der Waals surface area contributed by atoms with Gasteiger partial charge >= 0.3 is 0 Å². The number of hydrogen-bond acceptors (Lipinski definition) is 3. The fourth-order valence-electron chi connectivity index (χ4n) is 4.37. The lowest BCUT2D eigenvalue weighted by molar-refractivity contribution is 0.276. The highest BCUT2D eigenvalue weighted by Crippen LogP contribution is 2.28. The van der Waals surface area contributed by atoms with Gasteiger partial charge in [-0.3, -0.25) is 4.90 Å². The molecular formula is C27H32N2O2S. The number of rotatable bonds is 8. The van der Waals surface area contributed by atoms with E-state index < -0.39 is 10.0 Å². The minimum atomic E-state index is -3.61. The smallest absolute Gasteiger partial charge is 0.243 e. The third kappa shape index (κ3) is 5.29. The minimum Gasteiger partial charge on any atom is -0.297 e. The number of nitrogens with zero attached hydrogens (tertiary/aromatic N) is 2. The van der Waals surface area contributed by atoms with Crippen molar-refractivity contribution in [2.45, 2.75) is 50.2 Å². The molecule has 0 radical (unpaired) electrons. The maximum absolute atomic E-state index is 13.8. The van der Waals surface area contributed by atoms with E-state index in [9.17, 15) is 8.42 Å². The van der Waals surface area contributed by atoms with Gasteiger partial charge in [0.15, 0.2) is 0 Å². The summed E-state index contributed by atoms with van der Waals surface area (Å²) in [5.41, 5.74) is 3.42. The normalized spacial score (nSPS) is 17.3. The number of hydrogen-bond donors (Lipinski definition) is 0. The Kier molecular flexibility index (Phi) is 7.09. The van der Waals surface area contributed by atoms with Crippen LogP contribution in [0.15, 0.2) is 89.8 Å². The molecule has 0 N–H and O–H groups in total. The molecule has 0 saturated carbocycles. The highest BCUT2D eigenvalue weighted by molar-refractivity contribution is 7.89. The van der Waals surface area contributed by atoms with Crippen LogP contribution in [0, 0.1) is 0 Å². The van der Waals surface area contributed by atoms with Crippen LogP contribution in [0.3, 0.4) is 0 Å². The minimum absolute atomic E-state index is 0.0475. The predicted molar refractivity (Wildman–Crippen MR) is 130 cm³/mol. The van der Waals surface area contributed by atoms with Crippen molar-refractivity contribution in [3.63, 3.8) is 0 Å². The first-order valence-electron chi connectivity index (χ1n) is 11.4. The van der Waals surface area contributed by atoms with Crippen LogP contribution in [0.2, 0.25) is 0 Å². The van der Waals surface area contributed by atoms with E-state index in [2.05, 4.69) is 43.0 Å². The van der Waals surface area contributed by atoms with Crippen LogP contribution in [0.4, 0.5) is 0 Å². The molecule has 5 heteroatoms. The topological polar surface area (TPSA) is 40.6 Å². The molecule has 1 aliphatic rings. The molecule has 1 heterocycles. The lowest BCUT2D eigenvalue weighted by Crippen LogP contribution is -2.41. The van der Waals surface area contributed by atoms with Crippen LogP contribution in [-0.2, 0) is 23.1 Å². The van der Waals surface area contributed by atoms with Crippen molar-refractivity contribution in [3.8, 4) is 0 Å². The second-order valence-electron chi connectivity index (χ2n) is 8.92. The maximum Gasteiger partial charge on any atom is 0.243 e. The molecule has 0 amide bonds. The zero-order valence-corrected chi connectivity index (χ0v) is 19.7. The summed E-state index contributed by atoms with van der Waals surface area (Å²) in [4.78, 5) is 2.73. The summed E-state index contributed by atoms with van der Waals surface area (Å²) >= 11 is 0. The van der Waals surface area contributed by atoms with Crippen molar-refractivity contribution in [3.05, 3.63) is 102 Å². The standard InChI is InChI=1S/C27H32N2O2S/c1-22(2)25-13-15-27(16-14-25)32(30,31)29(20-24-11-7-4-8-12-24)26-17-18-28(21-26)19-23-9-5-3-6-10-23/h3-16,22,26H,17-21H2,1-2H3. The highest BCUT2D eigenvalue weighted by atomic mass is 32.2. The first kappa shape index (κ1) is 22.7. The Morgan fingerprint density at radius 3 is 2.06 bits per heavy atom. The van der Waals surface area contributed by atoms with Crippen molar-refractivity contribution in [1.82, 2.24) is 9.21 Å². The number of likely N-dealkylation sites (tertiary alicyclic amines) is 1. The van der Waals surface area contributed by atoms with Crippen molar-refractivity contribution in [2.75, 3.05) is 13.1 Å². The van der Waals surface area contributed by atoms with Gasteiger partial charge in [-0.05, 0) is 41.2 Å². The summed E-state index contributed by atoms with van der Waals surface area (Å²) in [5.74, 6) is 0.369. The SMILES string of the molecule is CC(C)c1ccc(S(=O)(=O)N(Cc2ccccc2)C2CCN(Cc3ccccc3)C2)cc1. The zero-order chi connectivity index (χ0) is 22.6. The maximum atomic E-state index is 13.8. The van der Waals surface area contributed by atoms with Gasteiger partial charge in [-0.15, -0.1) is 0 Å². The molecule has 1 saturated heterocycles. The lowest BCUT2D eigenvalue weighted by atomic mass is 10.0. The Bertz CT molecular complexity index is 1100. The second kappa shape index (κ2) is 9.99. The zero-order valence-electron chi connectivity index (χ0n) is 18.9. The largest absolute Gasteiger partial charge is 0.297 e. The molecule has 32 heavy (non-hydrogen) atoms. The van der Waals surface area contributed by atoms with Gasteiger partial charge in [0.1, 0.15) is 0 Å². The Balaban J connectivity index is 1.58. The molecule has 1 fully saturated rings. The lowest BCUT2D eigenvalue weighted by Gasteiger charge is -2.29. The van der Waals surface area contributed by atoms with Crippen molar-refractivity contribution in [1.29, 1.82) is 0 Å². The van der Waals surface area contributed by atoms with E-state index in [-0.39, 0.29) is 6.04 Å². The second-order valence-corrected chi connectivity index (χ2v) is 10.8. The van der Waals surface area contributed by atoms with E-state index in [0.29, 0.717) is 17.4 Å². The Morgan fingerprint density at radius 1 is 0.875 bits per heavy atom. The fraction of sp³-hybridized carbons (Fsp3) is 0.333. The van der Waals surface area contributed by atoms with Gasteiger partial charge in [-0.2, -0.15) is 4.31 Å². The molecule has 3 aromatic carbocycles. The van der Waals surface area contributed by atoms with E-state index in [4.69, 9.17) is 0 Å². The molecule has 4 rings (SSSR count). The van der Waals surface area contributed by atoms with Crippen LogP contribution >= 0.6 is 0 Å². The summed E-state index contributed by atoms with van der Waals surface area (Å²) in [6.45, 7) is 7.10. The van der Waals surface area contributed by atoms with Crippen molar-refractivity contribution < 1.29 is 8.42 Å². The highest BCUT2D eigenvalue weighted by Gasteiger charge is 2.36. The predicted octanol–water partition coefficient (Wildman–Crippen LogP) is 5.28. The van der Waals surface area contributed by atoms with Crippen molar-refractivity contribution >= 4 is 10.0 Å². The van der Waals surface area contributed by atoms with E-state index >= 15 is 0 Å². The quantitative estimate of drug-likeness (QED) is 0.471. The van der Waals surface area contributed by atoms with Crippen LogP contribution < -0.4 is 0 Å². The first-order chi connectivity index (χ1) is 15.4. The fourth-order valence-corrected chi connectivity index (χ4v) is 6.00. The average Bonchev–Trinajstić information content (AvgIpc) is 3.26. The molecule has 0 aliphatic carbocycles. The van der Waals surface area contributed by atoms with E-state index in [0.717, 1.165) is 37.2 Å². The van der Waals surface area contributed by atoms with Gasteiger partial charge < -0.3 is 0 Å².